The third kappa shape index (κ3) is 4.92. The lowest BCUT2D eigenvalue weighted by Gasteiger charge is -2.21. The van der Waals surface area contributed by atoms with Gasteiger partial charge in [0.05, 0.1) is 6.04 Å². The molecule has 0 aliphatic carbocycles. The minimum absolute atomic E-state index is 0.108. The molecule has 2 N–H and O–H groups in total. The molecule has 120 valence electrons. The van der Waals surface area contributed by atoms with Crippen LogP contribution in [0.2, 0.25) is 0 Å². The maximum Gasteiger partial charge on any atom is 0.222 e. The third-order valence-corrected chi connectivity index (χ3v) is 3.57. The normalized spacial score (nSPS) is 11.6. The zero-order valence-corrected chi connectivity index (χ0v) is 13.4. The number of nitrogens with one attached hydrogen (secondary N) is 2. The zero-order chi connectivity index (χ0) is 16.7. The average molecular weight is 311 g/mol. The number of benzene rings is 1. The number of hydrogen-bond donors (Lipinski definition) is 2. The Morgan fingerprint density at radius 3 is 2.48 bits per heavy atom. The number of nitrogens with zero attached hydrogens (tertiary/aromatic N) is 1. The molecule has 0 saturated heterocycles. The smallest absolute Gasteiger partial charge is 0.222 e. The predicted octanol–water partition coefficient (Wildman–Crippen LogP) is 2.12. The second kappa shape index (κ2) is 8.08. The van der Waals surface area contributed by atoms with E-state index in [1.807, 2.05) is 43.3 Å². The van der Waals surface area contributed by atoms with Gasteiger partial charge < -0.3 is 10.6 Å². The van der Waals surface area contributed by atoms with Crippen LogP contribution in [-0.2, 0) is 9.59 Å². The summed E-state index contributed by atoms with van der Waals surface area (Å²) in [5.41, 5.74) is 3.13. The number of hydrogen-bond acceptors (Lipinski definition) is 3. The summed E-state index contributed by atoms with van der Waals surface area (Å²) in [7, 11) is 0. The van der Waals surface area contributed by atoms with Crippen molar-refractivity contribution < 1.29 is 9.59 Å². The quantitative estimate of drug-likeness (QED) is 0.858. The van der Waals surface area contributed by atoms with Crippen LogP contribution in [0.25, 0.3) is 0 Å². The van der Waals surface area contributed by atoms with Crippen LogP contribution in [0.4, 0.5) is 0 Å². The van der Waals surface area contributed by atoms with Crippen LogP contribution in [0.3, 0.4) is 0 Å². The molecule has 5 nitrogen and oxygen atoms in total. The number of rotatable bonds is 6. The Hall–Kier alpha value is -2.69. The van der Waals surface area contributed by atoms with Gasteiger partial charge in [-0.2, -0.15) is 0 Å². The molecule has 0 fully saturated rings. The molecule has 1 atom stereocenters. The first kappa shape index (κ1) is 16.7. The summed E-state index contributed by atoms with van der Waals surface area (Å²) < 4.78 is 0. The Kier molecular flexibility index (Phi) is 5.86. The van der Waals surface area contributed by atoms with E-state index in [0.717, 1.165) is 16.7 Å². The fourth-order valence-electron chi connectivity index (χ4n) is 2.39. The van der Waals surface area contributed by atoms with Crippen LogP contribution in [0.1, 0.15) is 36.1 Å². The van der Waals surface area contributed by atoms with Crippen molar-refractivity contribution in [2.45, 2.75) is 26.3 Å². The Balaban J connectivity index is 2.17. The second-order valence-electron chi connectivity index (χ2n) is 5.37. The van der Waals surface area contributed by atoms with Gasteiger partial charge in [-0.25, -0.2) is 0 Å². The van der Waals surface area contributed by atoms with Crippen LogP contribution in [-0.4, -0.2) is 23.3 Å². The molecule has 0 radical (unpaired) electrons. The lowest BCUT2D eigenvalue weighted by molar-refractivity contribution is -0.122. The molecule has 5 heteroatoms. The van der Waals surface area contributed by atoms with Gasteiger partial charge in [-0.05, 0) is 35.7 Å². The topological polar surface area (TPSA) is 71.1 Å². The molecule has 2 aromatic rings. The molecule has 0 spiro atoms. The SMILES string of the molecule is CC(=O)NCCC(=O)N[C@H](c1ccncc1)c1ccccc1C. The van der Waals surface area contributed by atoms with Gasteiger partial charge >= 0.3 is 0 Å². The van der Waals surface area contributed by atoms with Gasteiger partial charge in [0.25, 0.3) is 0 Å². The van der Waals surface area contributed by atoms with E-state index >= 15 is 0 Å². The van der Waals surface area contributed by atoms with Crippen molar-refractivity contribution in [2.75, 3.05) is 6.54 Å². The van der Waals surface area contributed by atoms with Crippen LogP contribution in [0, 0.1) is 6.92 Å². The number of carbonyl (C=O) groups is 2. The van der Waals surface area contributed by atoms with Crippen molar-refractivity contribution >= 4 is 11.8 Å². The Morgan fingerprint density at radius 2 is 1.83 bits per heavy atom. The van der Waals surface area contributed by atoms with Gasteiger partial charge in [0.2, 0.25) is 11.8 Å². The summed E-state index contributed by atoms with van der Waals surface area (Å²) in [4.78, 5) is 27.1. The first-order chi connectivity index (χ1) is 11.1. The highest BCUT2D eigenvalue weighted by Crippen LogP contribution is 2.24. The molecule has 1 aromatic carbocycles. The van der Waals surface area contributed by atoms with E-state index in [1.165, 1.54) is 6.92 Å². The molecule has 1 aromatic heterocycles. The van der Waals surface area contributed by atoms with Crippen LogP contribution in [0.15, 0.2) is 48.8 Å². The van der Waals surface area contributed by atoms with Gasteiger partial charge in [-0.15, -0.1) is 0 Å². The highest BCUT2D eigenvalue weighted by molar-refractivity contribution is 5.78. The van der Waals surface area contributed by atoms with Crippen molar-refractivity contribution in [3.8, 4) is 0 Å². The van der Waals surface area contributed by atoms with Gasteiger partial charge in [0.1, 0.15) is 0 Å². The van der Waals surface area contributed by atoms with E-state index in [0.29, 0.717) is 6.54 Å². The van der Waals surface area contributed by atoms with Crippen molar-refractivity contribution in [1.29, 1.82) is 0 Å². The summed E-state index contributed by atoms with van der Waals surface area (Å²) >= 11 is 0. The van der Waals surface area contributed by atoms with Gasteiger partial charge in [-0.1, -0.05) is 24.3 Å². The van der Waals surface area contributed by atoms with E-state index in [1.54, 1.807) is 12.4 Å². The van der Waals surface area contributed by atoms with E-state index in [-0.39, 0.29) is 24.3 Å². The van der Waals surface area contributed by atoms with Gasteiger partial charge in [-0.3, -0.25) is 14.6 Å². The number of aryl methyl sites for hydroxylation is 1. The van der Waals surface area contributed by atoms with Crippen LogP contribution < -0.4 is 10.6 Å². The number of aromatic nitrogens is 1. The molecule has 1 heterocycles. The second-order valence-corrected chi connectivity index (χ2v) is 5.37. The Labute approximate surface area is 136 Å². The molecule has 0 saturated carbocycles. The lowest BCUT2D eigenvalue weighted by Crippen LogP contribution is -2.33. The Bertz CT molecular complexity index is 671. The number of carbonyl (C=O) groups excluding carboxylic acids is 2. The minimum atomic E-state index is -0.232. The standard InChI is InChI=1S/C18H21N3O2/c1-13-5-3-4-6-16(13)18(15-7-10-19-11-8-15)21-17(23)9-12-20-14(2)22/h3-8,10-11,18H,9,12H2,1-2H3,(H,20,22)(H,21,23)/t18-/m1/s1. The lowest BCUT2D eigenvalue weighted by atomic mass is 9.95. The fraction of sp³-hybridized carbons (Fsp3) is 0.278. The maximum absolute atomic E-state index is 12.2. The third-order valence-electron chi connectivity index (χ3n) is 3.57. The van der Waals surface area contributed by atoms with E-state index in [9.17, 15) is 9.59 Å². The van der Waals surface area contributed by atoms with Crippen molar-refractivity contribution in [3.63, 3.8) is 0 Å². The largest absolute Gasteiger partial charge is 0.356 e. The molecule has 2 amide bonds. The highest BCUT2D eigenvalue weighted by Gasteiger charge is 2.18. The van der Waals surface area contributed by atoms with Gasteiger partial charge in [0.15, 0.2) is 0 Å². The summed E-state index contributed by atoms with van der Waals surface area (Å²) in [5, 5.41) is 5.68. The predicted molar refractivity (Wildman–Crippen MR) is 88.7 cm³/mol. The molecule has 23 heavy (non-hydrogen) atoms. The summed E-state index contributed by atoms with van der Waals surface area (Å²) in [6.45, 7) is 3.79. The molecule has 0 unspecified atom stereocenters. The molecular formula is C18H21N3O2. The molecule has 0 bridgehead atoms. The molecule has 0 aliphatic heterocycles. The first-order valence-corrected chi connectivity index (χ1v) is 7.57. The van der Waals surface area contributed by atoms with Crippen molar-refractivity contribution in [1.82, 2.24) is 15.6 Å². The highest BCUT2D eigenvalue weighted by atomic mass is 16.2. The molecule has 0 aliphatic rings. The fourth-order valence-corrected chi connectivity index (χ4v) is 2.39. The number of amides is 2. The van der Waals surface area contributed by atoms with Crippen molar-refractivity contribution in [2.24, 2.45) is 0 Å². The maximum atomic E-state index is 12.2. The summed E-state index contributed by atoms with van der Waals surface area (Å²) in [6.07, 6.45) is 3.67. The summed E-state index contributed by atoms with van der Waals surface area (Å²) in [5.74, 6) is -0.244. The van der Waals surface area contributed by atoms with Crippen LogP contribution in [0.5, 0.6) is 0 Å². The zero-order valence-electron chi connectivity index (χ0n) is 13.4. The molecular weight excluding hydrogens is 290 g/mol. The molecule has 2 rings (SSSR count). The Morgan fingerprint density at radius 1 is 1.13 bits per heavy atom. The van der Waals surface area contributed by atoms with Gasteiger partial charge in [0, 0.05) is 32.3 Å². The van der Waals surface area contributed by atoms with Crippen molar-refractivity contribution in [3.05, 3.63) is 65.5 Å². The van der Waals surface area contributed by atoms with E-state index < -0.39 is 0 Å². The monoisotopic (exact) mass is 311 g/mol. The minimum Gasteiger partial charge on any atom is -0.356 e. The first-order valence-electron chi connectivity index (χ1n) is 7.57. The number of pyridine rings is 1. The average Bonchev–Trinajstić information content (AvgIpc) is 2.54. The van der Waals surface area contributed by atoms with E-state index in [2.05, 4.69) is 15.6 Å². The summed E-state index contributed by atoms with van der Waals surface area (Å²) in [6, 6.07) is 11.5. The van der Waals surface area contributed by atoms with Crippen LogP contribution >= 0.6 is 0 Å². The van der Waals surface area contributed by atoms with E-state index in [4.69, 9.17) is 0 Å².